The Hall–Kier alpha value is -3.06. The summed E-state index contributed by atoms with van der Waals surface area (Å²) in [5.74, 6) is 0.777. The number of nitrogens with zero attached hydrogens (tertiary/aromatic N) is 5. The topological polar surface area (TPSA) is 88.2 Å². The molecule has 0 spiro atoms. The highest BCUT2D eigenvalue weighted by Crippen LogP contribution is 2.31. The monoisotopic (exact) mass is 362 g/mol. The fourth-order valence-electron chi connectivity index (χ4n) is 3.37. The highest BCUT2D eigenvalue weighted by Gasteiger charge is 2.16. The minimum atomic E-state index is -0.531. The Bertz CT molecular complexity index is 1120. The van der Waals surface area contributed by atoms with Crippen LogP contribution in [0.15, 0.2) is 36.9 Å². The van der Waals surface area contributed by atoms with Gasteiger partial charge in [0, 0.05) is 42.0 Å². The van der Waals surface area contributed by atoms with Gasteiger partial charge in [0.25, 0.3) is 0 Å². The first kappa shape index (κ1) is 17.4. The average molecular weight is 362 g/mol. The number of aryl methyl sites for hydroxylation is 1. The lowest BCUT2D eigenvalue weighted by Crippen LogP contribution is -2.02. The molecule has 0 aliphatic heterocycles. The van der Waals surface area contributed by atoms with Crippen molar-refractivity contribution in [3.63, 3.8) is 0 Å². The summed E-state index contributed by atoms with van der Waals surface area (Å²) >= 11 is 0. The molecule has 7 heteroatoms. The van der Waals surface area contributed by atoms with E-state index in [2.05, 4.69) is 38.4 Å². The Kier molecular flexibility index (Phi) is 4.45. The molecule has 7 nitrogen and oxygen atoms in total. The van der Waals surface area contributed by atoms with E-state index in [9.17, 15) is 5.11 Å². The second-order valence-corrected chi connectivity index (χ2v) is 6.66. The lowest BCUT2D eigenvalue weighted by Gasteiger charge is -2.13. The first-order valence-electron chi connectivity index (χ1n) is 9.07. The van der Waals surface area contributed by atoms with Crippen LogP contribution in [0, 0.1) is 6.92 Å². The molecule has 0 amide bonds. The van der Waals surface area contributed by atoms with Crippen LogP contribution in [0.2, 0.25) is 0 Å². The van der Waals surface area contributed by atoms with Gasteiger partial charge >= 0.3 is 0 Å². The summed E-state index contributed by atoms with van der Waals surface area (Å²) in [6.07, 6.45) is 6.28. The molecule has 2 N–H and O–H groups in total. The molecular weight excluding hydrogens is 340 g/mol. The summed E-state index contributed by atoms with van der Waals surface area (Å²) in [4.78, 5) is 13.4. The molecule has 138 valence electrons. The van der Waals surface area contributed by atoms with Gasteiger partial charge in [0.1, 0.15) is 12.1 Å². The summed E-state index contributed by atoms with van der Waals surface area (Å²) in [5.41, 5.74) is 5.37. The van der Waals surface area contributed by atoms with Gasteiger partial charge in [0.2, 0.25) is 0 Å². The maximum atomic E-state index is 10.2. The highest BCUT2D eigenvalue weighted by atomic mass is 16.3. The van der Waals surface area contributed by atoms with Crippen LogP contribution in [0.4, 0.5) is 5.82 Å². The third-order valence-electron chi connectivity index (χ3n) is 4.81. The summed E-state index contributed by atoms with van der Waals surface area (Å²) < 4.78 is 1.83. The number of rotatable bonds is 5. The molecule has 4 aromatic rings. The standard InChI is InChI=1S/C20H22N6O/c1-4-5-18(27)16-6-12(2)15(10-22-16)14-7-13-9-23-19(21-3)8-17(13)26-20(14)24-11-25-26/h6-11,18,27H,4-5H2,1-3H3,(H,21,23)/t18-/m0/s1. The van der Waals surface area contributed by atoms with Crippen molar-refractivity contribution in [1.29, 1.82) is 0 Å². The Morgan fingerprint density at radius 3 is 2.70 bits per heavy atom. The Morgan fingerprint density at radius 2 is 1.96 bits per heavy atom. The quantitative estimate of drug-likeness (QED) is 0.565. The lowest BCUT2D eigenvalue weighted by molar-refractivity contribution is 0.161. The van der Waals surface area contributed by atoms with Crippen LogP contribution in [-0.4, -0.2) is 36.7 Å². The summed E-state index contributed by atoms with van der Waals surface area (Å²) in [6.45, 7) is 4.08. The fourth-order valence-corrected chi connectivity index (χ4v) is 3.37. The van der Waals surface area contributed by atoms with Crippen molar-refractivity contribution >= 4 is 22.4 Å². The van der Waals surface area contributed by atoms with Crippen molar-refractivity contribution in [3.8, 4) is 11.1 Å². The summed E-state index contributed by atoms with van der Waals surface area (Å²) in [5, 5.41) is 18.7. The Morgan fingerprint density at radius 1 is 1.11 bits per heavy atom. The first-order valence-corrected chi connectivity index (χ1v) is 9.07. The fraction of sp³-hybridized carbons (Fsp3) is 0.300. The molecule has 0 saturated carbocycles. The molecule has 27 heavy (non-hydrogen) atoms. The molecule has 4 aromatic heterocycles. The van der Waals surface area contributed by atoms with E-state index in [4.69, 9.17) is 0 Å². The van der Waals surface area contributed by atoms with Crippen LogP contribution in [-0.2, 0) is 0 Å². The van der Waals surface area contributed by atoms with E-state index in [0.29, 0.717) is 12.1 Å². The smallest absolute Gasteiger partial charge is 0.163 e. The molecule has 0 aliphatic carbocycles. The number of aliphatic hydroxyl groups is 1. The van der Waals surface area contributed by atoms with Crippen LogP contribution in [0.25, 0.3) is 27.7 Å². The molecule has 0 bridgehead atoms. The number of fused-ring (bicyclic) bond motifs is 3. The lowest BCUT2D eigenvalue weighted by atomic mass is 10.00. The number of aliphatic hydroxyl groups excluding tert-OH is 1. The van der Waals surface area contributed by atoms with Gasteiger partial charge in [-0.3, -0.25) is 4.98 Å². The third-order valence-corrected chi connectivity index (χ3v) is 4.81. The molecule has 4 rings (SSSR count). The maximum Gasteiger partial charge on any atom is 0.163 e. The van der Waals surface area contributed by atoms with Gasteiger partial charge in [-0.2, -0.15) is 5.10 Å². The molecule has 0 aliphatic rings. The zero-order valence-corrected chi connectivity index (χ0v) is 15.6. The second kappa shape index (κ2) is 6.92. The van der Waals surface area contributed by atoms with Crippen molar-refractivity contribution in [2.75, 3.05) is 12.4 Å². The van der Waals surface area contributed by atoms with E-state index < -0.39 is 6.10 Å². The van der Waals surface area contributed by atoms with Gasteiger partial charge in [-0.25, -0.2) is 14.5 Å². The number of pyridine rings is 3. The number of aromatic nitrogens is 5. The van der Waals surface area contributed by atoms with Gasteiger partial charge in [-0.1, -0.05) is 13.3 Å². The van der Waals surface area contributed by atoms with Crippen molar-refractivity contribution in [1.82, 2.24) is 24.6 Å². The van der Waals surface area contributed by atoms with Crippen LogP contribution in [0.3, 0.4) is 0 Å². The minimum absolute atomic E-state index is 0.531. The molecule has 0 saturated heterocycles. The van der Waals surface area contributed by atoms with Crippen molar-refractivity contribution in [3.05, 3.63) is 48.2 Å². The predicted octanol–water partition coefficient (Wildman–Crippen LogP) is 3.52. The van der Waals surface area contributed by atoms with E-state index in [1.54, 1.807) is 6.33 Å². The van der Waals surface area contributed by atoms with E-state index in [1.165, 1.54) is 0 Å². The predicted molar refractivity (Wildman–Crippen MR) is 106 cm³/mol. The van der Waals surface area contributed by atoms with Crippen LogP contribution in [0.1, 0.15) is 37.1 Å². The average Bonchev–Trinajstić information content (AvgIpc) is 3.17. The van der Waals surface area contributed by atoms with E-state index in [1.807, 2.05) is 43.0 Å². The number of hydrogen-bond donors (Lipinski definition) is 2. The second-order valence-electron chi connectivity index (χ2n) is 6.66. The van der Waals surface area contributed by atoms with E-state index in [0.717, 1.165) is 45.5 Å². The highest BCUT2D eigenvalue weighted by molar-refractivity contribution is 5.92. The van der Waals surface area contributed by atoms with Crippen LogP contribution >= 0.6 is 0 Å². The summed E-state index contributed by atoms with van der Waals surface area (Å²) in [7, 11) is 1.84. The molecular formula is C20H22N6O. The molecule has 4 heterocycles. The van der Waals surface area contributed by atoms with Gasteiger partial charge in [-0.05, 0) is 31.0 Å². The molecule has 0 fully saturated rings. The van der Waals surface area contributed by atoms with Crippen molar-refractivity contribution in [2.24, 2.45) is 0 Å². The molecule has 0 unspecified atom stereocenters. The molecule has 0 radical (unpaired) electrons. The van der Waals surface area contributed by atoms with E-state index >= 15 is 0 Å². The Labute approximate surface area is 157 Å². The largest absolute Gasteiger partial charge is 0.387 e. The third kappa shape index (κ3) is 3.00. The van der Waals surface area contributed by atoms with Gasteiger partial charge in [0.05, 0.1) is 17.3 Å². The molecule has 1 atom stereocenters. The number of hydrogen-bond acceptors (Lipinski definition) is 6. The number of anilines is 1. The number of nitrogens with one attached hydrogen (secondary N) is 1. The van der Waals surface area contributed by atoms with Crippen molar-refractivity contribution < 1.29 is 5.11 Å². The van der Waals surface area contributed by atoms with Crippen LogP contribution < -0.4 is 5.32 Å². The first-order chi connectivity index (χ1) is 13.1. The van der Waals surface area contributed by atoms with Crippen molar-refractivity contribution in [2.45, 2.75) is 32.8 Å². The zero-order valence-electron chi connectivity index (χ0n) is 15.6. The SMILES string of the molecule is CCC[C@H](O)c1cc(C)c(-c2cc3cnc(NC)cc3n3ncnc23)cn1. The minimum Gasteiger partial charge on any atom is -0.387 e. The molecule has 0 aromatic carbocycles. The van der Waals surface area contributed by atoms with Gasteiger partial charge in [-0.15, -0.1) is 0 Å². The van der Waals surface area contributed by atoms with Gasteiger partial charge < -0.3 is 10.4 Å². The normalized spacial score (nSPS) is 12.6. The van der Waals surface area contributed by atoms with E-state index in [-0.39, 0.29) is 0 Å². The summed E-state index contributed by atoms with van der Waals surface area (Å²) in [6, 6.07) is 5.98. The van der Waals surface area contributed by atoms with Crippen LogP contribution in [0.5, 0.6) is 0 Å². The maximum absolute atomic E-state index is 10.2. The Balaban J connectivity index is 1.89. The zero-order chi connectivity index (χ0) is 19.0. The van der Waals surface area contributed by atoms with Gasteiger partial charge in [0.15, 0.2) is 5.65 Å².